The van der Waals surface area contributed by atoms with Gasteiger partial charge >= 0.3 is 0 Å². The first-order valence-electron chi connectivity index (χ1n) is 6.99. The Morgan fingerprint density at radius 3 is 2.52 bits per heavy atom. The van der Waals surface area contributed by atoms with Crippen LogP contribution in [0.15, 0.2) is 59.0 Å². The number of amides is 1. The van der Waals surface area contributed by atoms with Crippen molar-refractivity contribution in [1.29, 1.82) is 0 Å². The normalized spacial score (nSPS) is 12.3. The van der Waals surface area contributed by atoms with Crippen molar-refractivity contribution < 1.29 is 9.21 Å². The molecule has 1 aromatic heterocycles. The van der Waals surface area contributed by atoms with Crippen molar-refractivity contribution in [3.63, 3.8) is 0 Å². The van der Waals surface area contributed by atoms with Crippen LogP contribution >= 0.6 is 0 Å². The molecule has 0 radical (unpaired) electrons. The van der Waals surface area contributed by atoms with Crippen molar-refractivity contribution in [2.24, 2.45) is 0 Å². The highest BCUT2D eigenvalue weighted by molar-refractivity contribution is 5.94. The molecule has 1 heterocycles. The predicted octanol–water partition coefficient (Wildman–Crippen LogP) is 4.23. The molecule has 1 amide bonds. The van der Waals surface area contributed by atoms with Crippen LogP contribution < -0.4 is 5.32 Å². The van der Waals surface area contributed by atoms with E-state index >= 15 is 0 Å². The Balaban J connectivity index is 1.77. The van der Waals surface area contributed by atoms with E-state index in [1.165, 1.54) is 0 Å². The monoisotopic (exact) mass is 279 g/mol. The Morgan fingerprint density at radius 1 is 1.10 bits per heavy atom. The van der Waals surface area contributed by atoms with Crippen LogP contribution in [0, 0.1) is 6.92 Å². The summed E-state index contributed by atoms with van der Waals surface area (Å²) in [5.41, 5.74) is 2.63. The maximum atomic E-state index is 12.2. The summed E-state index contributed by atoms with van der Waals surface area (Å²) in [6, 6.07) is 17.1. The first-order chi connectivity index (χ1) is 10.1. The van der Waals surface area contributed by atoms with Gasteiger partial charge < -0.3 is 9.73 Å². The Morgan fingerprint density at radius 2 is 1.81 bits per heavy atom. The molecule has 21 heavy (non-hydrogen) atoms. The highest BCUT2D eigenvalue weighted by Gasteiger charge is 2.15. The lowest BCUT2D eigenvalue weighted by molar-refractivity contribution is 0.0935. The van der Waals surface area contributed by atoms with Crippen LogP contribution in [-0.4, -0.2) is 5.91 Å². The van der Waals surface area contributed by atoms with Crippen LogP contribution in [0.3, 0.4) is 0 Å². The molecular formula is C18H17NO2. The molecule has 0 aliphatic rings. The van der Waals surface area contributed by atoms with Gasteiger partial charge in [-0.2, -0.15) is 0 Å². The zero-order valence-electron chi connectivity index (χ0n) is 12.1. The number of para-hydroxylation sites is 1. The fourth-order valence-corrected chi connectivity index (χ4v) is 2.27. The molecule has 106 valence electrons. The minimum absolute atomic E-state index is 0.0945. The zero-order chi connectivity index (χ0) is 14.8. The number of carbonyl (C=O) groups is 1. The lowest BCUT2D eigenvalue weighted by Gasteiger charge is -2.11. The molecule has 0 bridgehead atoms. The van der Waals surface area contributed by atoms with Gasteiger partial charge in [0.2, 0.25) is 0 Å². The van der Waals surface area contributed by atoms with Crippen LogP contribution in [0.5, 0.6) is 0 Å². The molecule has 0 aliphatic carbocycles. The molecule has 1 atom stereocenters. The number of hydrogen-bond donors (Lipinski definition) is 1. The summed E-state index contributed by atoms with van der Waals surface area (Å²) in [5.74, 6) is 0.666. The van der Waals surface area contributed by atoms with E-state index in [-0.39, 0.29) is 11.9 Å². The third kappa shape index (κ3) is 2.82. The second-order valence-electron chi connectivity index (χ2n) is 5.25. The average molecular weight is 279 g/mol. The molecule has 2 aromatic carbocycles. The lowest BCUT2D eigenvalue weighted by atomic mass is 10.1. The lowest BCUT2D eigenvalue weighted by Crippen LogP contribution is -2.26. The van der Waals surface area contributed by atoms with Gasteiger partial charge in [0.25, 0.3) is 5.91 Å². The number of nitrogens with one attached hydrogen (secondary N) is 1. The Labute approximate surface area is 123 Å². The smallest absolute Gasteiger partial charge is 0.251 e. The van der Waals surface area contributed by atoms with Gasteiger partial charge in [-0.25, -0.2) is 0 Å². The van der Waals surface area contributed by atoms with E-state index in [2.05, 4.69) is 5.32 Å². The number of fused-ring (bicyclic) bond motifs is 1. The van der Waals surface area contributed by atoms with E-state index in [0.29, 0.717) is 5.56 Å². The van der Waals surface area contributed by atoms with Crippen LogP contribution in [-0.2, 0) is 0 Å². The largest absolute Gasteiger partial charge is 0.459 e. The minimum atomic E-state index is -0.175. The van der Waals surface area contributed by atoms with E-state index in [4.69, 9.17) is 4.42 Å². The van der Waals surface area contributed by atoms with Crippen LogP contribution in [0.2, 0.25) is 0 Å². The highest BCUT2D eigenvalue weighted by atomic mass is 16.3. The maximum absolute atomic E-state index is 12.2. The minimum Gasteiger partial charge on any atom is -0.459 e. The van der Waals surface area contributed by atoms with Gasteiger partial charge in [-0.1, -0.05) is 35.9 Å². The number of aryl methyl sites for hydroxylation is 1. The molecule has 3 aromatic rings. The fraction of sp³-hybridized carbons (Fsp3) is 0.167. The first kappa shape index (κ1) is 13.4. The van der Waals surface area contributed by atoms with E-state index in [1.807, 2.05) is 68.4 Å². The Hall–Kier alpha value is -2.55. The van der Waals surface area contributed by atoms with Gasteiger partial charge in [0.1, 0.15) is 11.3 Å². The molecule has 1 N–H and O–H groups in total. The van der Waals surface area contributed by atoms with E-state index in [0.717, 1.165) is 22.3 Å². The summed E-state index contributed by atoms with van der Waals surface area (Å²) in [4.78, 5) is 12.2. The molecule has 0 unspecified atom stereocenters. The summed E-state index contributed by atoms with van der Waals surface area (Å²) in [5, 5.41) is 4.01. The predicted molar refractivity (Wildman–Crippen MR) is 83.3 cm³/mol. The second kappa shape index (κ2) is 5.44. The third-order valence-corrected chi connectivity index (χ3v) is 3.53. The molecular weight excluding hydrogens is 262 g/mol. The third-order valence-electron chi connectivity index (χ3n) is 3.53. The van der Waals surface area contributed by atoms with Crippen molar-refractivity contribution in [3.05, 3.63) is 71.5 Å². The van der Waals surface area contributed by atoms with Gasteiger partial charge in [-0.05, 0) is 38.1 Å². The Bertz CT molecular complexity index is 738. The Kier molecular flexibility index (Phi) is 3.48. The van der Waals surface area contributed by atoms with Crippen molar-refractivity contribution in [1.82, 2.24) is 5.32 Å². The standard InChI is InChI=1S/C18H17NO2/c1-12-7-9-14(10-8-12)18(20)19-13(2)17-11-15-5-3-4-6-16(15)21-17/h3-11,13H,1-2H3,(H,19,20)/t13-/m0/s1. The van der Waals surface area contributed by atoms with Gasteiger partial charge in [0.05, 0.1) is 6.04 Å². The summed E-state index contributed by atoms with van der Waals surface area (Å²) in [6.07, 6.45) is 0. The maximum Gasteiger partial charge on any atom is 0.251 e. The first-order valence-corrected chi connectivity index (χ1v) is 6.99. The summed E-state index contributed by atoms with van der Waals surface area (Å²) >= 11 is 0. The van der Waals surface area contributed by atoms with E-state index in [9.17, 15) is 4.79 Å². The van der Waals surface area contributed by atoms with Gasteiger partial charge in [-0.15, -0.1) is 0 Å². The molecule has 0 saturated carbocycles. The highest BCUT2D eigenvalue weighted by Crippen LogP contribution is 2.23. The van der Waals surface area contributed by atoms with E-state index < -0.39 is 0 Å². The number of furan rings is 1. The van der Waals surface area contributed by atoms with Gasteiger partial charge in [0, 0.05) is 10.9 Å². The summed E-state index contributed by atoms with van der Waals surface area (Å²) in [7, 11) is 0. The number of hydrogen-bond acceptors (Lipinski definition) is 2. The fourth-order valence-electron chi connectivity index (χ4n) is 2.27. The quantitative estimate of drug-likeness (QED) is 0.779. The van der Waals surface area contributed by atoms with Gasteiger partial charge in [-0.3, -0.25) is 4.79 Å². The summed E-state index contributed by atoms with van der Waals surface area (Å²) < 4.78 is 5.77. The molecule has 3 heteroatoms. The average Bonchev–Trinajstić information content (AvgIpc) is 2.92. The number of rotatable bonds is 3. The second-order valence-corrected chi connectivity index (χ2v) is 5.25. The van der Waals surface area contributed by atoms with Crippen molar-refractivity contribution in [2.75, 3.05) is 0 Å². The van der Waals surface area contributed by atoms with Crippen molar-refractivity contribution in [2.45, 2.75) is 19.9 Å². The van der Waals surface area contributed by atoms with Crippen LogP contribution in [0.4, 0.5) is 0 Å². The SMILES string of the molecule is Cc1ccc(C(=O)N[C@@H](C)c2cc3ccccc3o2)cc1. The molecule has 0 spiro atoms. The molecule has 3 rings (SSSR count). The zero-order valence-corrected chi connectivity index (χ0v) is 12.1. The molecule has 0 aliphatic heterocycles. The summed E-state index contributed by atoms with van der Waals surface area (Å²) in [6.45, 7) is 3.92. The van der Waals surface area contributed by atoms with Crippen LogP contribution in [0.1, 0.15) is 34.6 Å². The van der Waals surface area contributed by atoms with Crippen LogP contribution in [0.25, 0.3) is 11.0 Å². The number of benzene rings is 2. The molecule has 0 fully saturated rings. The van der Waals surface area contributed by atoms with Crippen molar-refractivity contribution >= 4 is 16.9 Å². The number of carbonyl (C=O) groups excluding carboxylic acids is 1. The van der Waals surface area contributed by atoms with Crippen molar-refractivity contribution in [3.8, 4) is 0 Å². The van der Waals surface area contributed by atoms with Gasteiger partial charge in [0.15, 0.2) is 0 Å². The molecule has 0 saturated heterocycles. The topological polar surface area (TPSA) is 42.2 Å². The van der Waals surface area contributed by atoms with E-state index in [1.54, 1.807) is 0 Å². The molecule has 3 nitrogen and oxygen atoms in total.